The van der Waals surface area contributed by atoms with Crippen LogP contribution in [0.25, 0.3) is 0 Å². The summed E-state index contributed by atoms with van der Waals surface area (Å²) in [6.07, 6.45) is 12.7. The predicted octanol–water partition coefficient (Wildman–Crippen LogP) is 1.91. The van der Waals surface area contributed by atoms with Crippen molar-refractivity contribution in [1.29, 1.82) is 0 Å². The maximum Gasteiger partial charge on any atom is 0.239 e. The summed E-state index contributed by atoms with van der Waals surface area (Å²) in [5.41, 5.74) is 0. The molecule has 2 N–H and O–H groups in total. The molecular weight excluding hydrogens is 240 g/mol. The van der Waals surface area contributed by atoms with Crippen LogP contribution >= 0.6 is 0 Å². The van der Waals surface area contributed by atoms with Gasteiger partial charge < -0.3 is 10.6 Å². The van der Waals surface area contributed by atoms with E-state index in [0.717, 1.165) is 25.7 Å². The minimum atomic E-state index is -0.0535. The Kier molecular flexibility index (Phi) is 5.43. The van der Waals surface area contributed by atoms with Crippen molar-refractivity contribution in [3.8, 4) is 0 Å². The van der Waals surface area contributed by atoms with Crippen LogP contribution in [0.2, 0.25) is 0 Å². The average Bonchev–Trinajstić information content (AvgIpc) is 2.90. The van der Waals surface area contributed by atoms with E-state index < -0.39 is 0 Å². The molecule has 0 spiro atoms. The lowest BCUT2D eigenvalue weighted by atomic mass is 9.95. The second kappa shape index (κ2) is 7.31. The number of rotatable bonds is 5. The summed E-state index contributed by atoms with van der Waals surface area (Å²) in [7, 11) is 0. The molecule has 0 bridgehead atoms. The summed E-state index contributed by atoms with van der Waals surface area (Å²) < 4.78 is 0. The van der Waals surface area contributed by atoms with Crippen molar-refractivity contribution in [1.82, 2.24) is 10.6 Å². The molecule has 2 aliphatic carbocycles. The van der Waals surface area contributed by atoms with Gasteiger partial charge in [-0.25, -0.2) is 0 Å². The molecular formula is C15H24N2O2. The van der Waals surface area contributed by atoms with Crippen molar-refractivity contribution < 1.29 is 9.59 Å². The van der Waals surface area contributed by atoms with Crippen LogP contribution in [0.3, 0.4) is 0 Å². The summed E-state index contributed by atoms with van der Waals surface area (Å²) in [6.45, 7) is 0.117. The van der Waals surface area contributed by atoms with Crippen LogP contribution in [0.15, 0.2) is 12.2 Å². The molecule has 106 valence electrons. The average molecular weight is 264 g/mol. The molecule has 0 aromatic heterocycles. The van der Waals surface area contributed by atoms with E-state index >= 15 is 0 Å². The van der Waals surface area contributed by atoms with Gasteiger partial charge in [-0.05, 0) is 31.6 Å². The molecule has 2 amide bonds. The van der Waals surface area contributed by atoms with E-state index in [1.54, 1.807) is 0 Å². The summed E-state index contributed by atoms with van der Waals surface area (Å²) in [5, 5.41) is 5.71. The van der Waals surface area contributed by atoms with E-state index in [-0.39, 0.29) is 18.4 Å². The fourth-order valence-electron chi connectivity index (χ4n) is 2.88. The van der Waals surface area contributed by atoms with Crippen LogP contribution in [-0.4, -0.2) is 24.4 Å². The number of nitrogens with one attached hydrogen (secondary N) is 2. The van der Waals surface area contributed by atoms with E-state index in [1.807, 2.05) is 0 Å². The van der Waals surface area contributed by atoms with E-state index in [2.05, 4.69) is 22.8 Å². The fraction of sp³-hybridized carbons (Fsp3) is 0.733. The van der Waals surface area contributed by atoms with Gasteiger partial charge >= 0.3 is 0 Å². The van der Waals surface area contributed by atoms with Crippen LogP contribution in [0.1, 0.15) is 51.4 Å². The van der Waals surface area contributed by atoms with Crippen LogP contribution < -0.4 is 10.6 Å². The van der Waals surface area contributed by atoms with Crippen molar-refractivity contribution in [3.05, 3.63) is 12.2 Å². The largest absolute Gasteiger partial charge is 0.352 e. The normalized spacial score (nSPS) is 23.3. The first-order chi connectivity index (χ1) is 9.24. The van der Waals surface area contributed by atoms with Gasteiger partial charge in [0.2, 0.25) is 11.8 Å². The van der Waals surface area contributed by atoms with E-state index in [0.29, 0.717) is 18.4 Å². The Morgan fingerprint density at radius 1 is 1.05 bits per heavy atom. The molecule has 0 unspecified atom stereocenters. The number of hydrogen-bond donors (Lipinski definition) is 2. The first-order valence-corrected chi connectivity index (χ1v) is 7.47. The molecule has 0 aromatic carbocycles. The molecule has 4 heteroatoms. The van der Waals surface area contributed by atoms with Crippen molar-refractivity contribution in [3.63, 3.8) is 0 Å². The predicted molar refractivity (Wildman–Crippen MR) is 74.5 cm³/mol. The third kappa shape index (κ3) is 5.05. The standard InChI is InChI=1S/C15H24N2O2/c18-14(10-12-6-4-5-7-12)16-11-15(19)17-13-8-2-1-3-9-13/h4,6,12-13H,1-3,5,7-11H2,(H,16,18)(H,17,19)/t12-/m0/s1. The minimum absolute atomic E-state index is 0.0182. The highest BCUT2D eigenvalue weighted by molar-refractivity contribution is 5.84. The van der Waals surface area contributed by atoms with Gasteiger partial charge in [0.05, 0.1) is 6.54 Å². The first kappa shape index (κ1) is 14.1. The van der Waals surface area contributed by atoms with Crippen LogP contribution in [-0.2, 0) is 9.59 Å². The second-order valence-corrected chi connectivity index (χ2v) is 5.65. The summed E-state index contributed by atoms with van der Waals surface area (Å²) in [5.74, 6) is 0.291. The van der Waals surface area contributed by atoms with Gasteiger partial charge in [-0.15, -0.1) is 0 Å². The van der Waals surface area contributed by atoms with Gasteiger partial charge in [0.1, 0.15) is 0 Å². The first-order valence-electron chi connectivity index (χ1n) is 7.47. The number of carbonyl (C=O) groups is 2. The van der Waals surface area contributed by atoms with Crippen molar-refractivity contribution in [2.24, 2.45) is 5.92 Å². The number of amides is 2. The third-order valence-corrected chi connectivity index (χ3v) is 3.98. The van der Waals surface area contributed by atoms with Gasteiger partial charge in [-0.3, -0.25) is 9.59 Å². The molecule has 0 aliphatic heterocycles. The zero-order valence-electron chi connectivity index (χ0n) is 11.5. The summed E-state index contributed by atoms with van der Waals surface area (Å²) >= 11 is 0. The van der Waals surface area contributed by atoms with Gasteiger partial charge in [0.25, 0.3) is 0 Å². The second-order valence-electron chi connectivity index (χ2n) is 5.65. The Morgan fingerprint density at radius 3 is 2.53 bits per heavy atom. The zero-order valence-corrected chi connectivity index (χ0v) is 11.5. The Hall–Kier alpha value is -1.32. The molecule has 0 radical (unpaired) electrons. The maximum absolute atomic E-state index is 11.7. The Labute approximate surface area is 115 Å². The van der Waals surface area contributed by atoms with Crippen LogP contribution in [0.4, 0.5) is 0 Å². The van der Waals surface area contributed by atoms with Gasteiger partial charge in [0.15, 0.2) is 0 Å². The lowest BCUT2D eigenvalue weighted by Gasteiger charge is -2.22. The quantitative estimate of drug-likeness (QED) is 0.745. The smallest absolute Gasteiger partial charge is 0.239 e. The Morgan fingerprint density at radius 2 is 1.84 bits per heavy atom. The topological polar surface area (TPSA) is 58.2 Å². The van der Waals surface area contributed by atoms with Crippen LogP contribution in [0, 0.1) is 5.92 Å². The van der Waals surface area contributed by atoms with Crippen molar-refractivity contribution in [2.45, 2.75) is 57.4 Å². The Bertz CT molecular complexity index is 346. The lowest BCUT2D eigenvalue weighted by molar-refractivity contribution is -0.126. The van der Waals surface area contributed by atoms with E-state index in [4.69, 9.17) is 0 Å². The van der Waals surface area contributed by atoms with Crippen molar-refractivity contribution >= 4 is 11.8 Å². The molecule has 0 aromatic rings. The van der Waals surface area contributed by atoms with Gasteiger partial charge in [0, 0.05) is 12.5 Å². The monoisotopic (exact) mass is 264 g/mol. The van der Waals surface area contributed by atoms with Gasteiger partial charge in [-0.2, -0.15) is 0 Å². The lowest BCUT2D eigenvalue weighted by Crippen LogP contribution is -2.42. The number of carbonyl (C=O) groups excluding carboxylic acids is 2. The third-order valence-electron chi connectivity index (χ3n) is 3.98. The molecule has 2 rings (SSSR count). The Balaban J connectivity index is 1.59. The minimum Gasteiger partial charge on any atom is -0.352 e. The van der Waals surface area contributed by atoms with E-state index in [1.165, 1.54) is 19.3 Å². The summed E-state index contributed by atoms with van der Waals surface area (Å²) in [6, 6.07) is 0.316. The maximum atomic E-state index is 11.7. The van der Waals surface area contributed by atoms with Crippen LogP contribution in [0.5, 0.6) is 0 Å². The highest BCUT2D eigenvalue weighted by Gasteiger charge is 2.17. The molecule has 1 saturated carbocycles. The molecule has 4 nitrogen and oxygen atoms in total. The molecule has 19 heavy (non-hydrogen) atoms. The highest BCUT2D eigenvalue weighted by Crippen LogP contribution is 2.20. The molecule has 0 heterocycles. The van der Waals surface area contributed by atoms with Crippen molar-refractivity contribution in [2.75, 3.05) is 6.54 Å². The zero-order chi connectivity index (χ0) is 13.5. The SMILES string of the molecule is O=C(C[C@H]1C=CCC1)NCC(=O)NC1CCCCC1. The number of hydrogen-bond acceptors (Lipinski definition) is 2. The van der Waals surface area contributed by atoms with Gasteiger partial charge in [-0.1, -0.05) is 31.4 Å². The molecule has 1 fully saturated rings. The highest BCUT2D eigenvalue weighted by atomic mass is 16.2. The molecule has 1 atom stereocenters. The molecule has 2 aliphatic rings. The van der Waals surface area contributed by atoms with E-state index in [9.17, 15) is 9.59 Å². The number of allylic oxidation sites excluding steroid dienone is 2. The summed E-state index contributed by atoms with van der Waals surface area (Å²) in [4.78, 5) is 23.4. The fourth-order valence-corrected chi connectivity index (χ4v) is 2.88. The molecule has 0 saturated heterocycles.